The van der Waals surface area contributed by atoms with E-state index in [2.05, 4.69) is 20.4 Å². The molecule has 1 fully saturated rings. The molecule has 0 unspecified atom stereocenters. The molecule has 28 heavy (non-hydrogen) atoms. The van der Waals surface area contributed by atoms with Crippen LogP contribution < -0.4 is 10.2 Å². The molecule has 4 rings (SSSR count). The van der Waals surface area contributed by atoms with Gasteiger partial charge in [-0.3, -0.25) is 9.89 Å². The highest BCUT2D eigenvalue weighted by molar-refractivity contribution is 5.94. The van der Waals surface area contributed by atoms with E-state index >= 15 is 0 Å². The van der Waals surface area contributed by atoms with Crippen LogP contribution in [0.25, 0.3) is 11.3 Å². The van der Waals surface area contributed by atoms with E-state index in [1.807, 2.05) is 37.3 Å². The number of benzene rings is 2. The summed E-state index contributed by atoms with van der Waals surface area (Å²) in [6, 6.07) is 16.0. The van der Waals surface area contributed by atoms with E-state index in [1.54, 1.807) is 12.1 Å². The number of halogens is 1. The summed E-state index contributed by atoms with van der Waals surface area (Å²) in [6.45, 7) is 3.59. The predicted octanol–water partition coefficient (Wildman–Crippen LogP) is 3.92. The summed E-state index contributed by atoms with van der Waals surface area (Å²) in [5.41, 5.74) is 3.50. The molecule has 0 aliphatic carbocycles. The van der Waals surface area contributed by atoms with Crippen LogP contribution in [0.1, 0.15) is 28.8 Å². The molecule has 0 spiro atoms. The Morgan fingerprint density at radius 2 is 2.04 bits per heavy atom. The monoisotopic (exact) mass is 378 g/mol. The number of amides is 1. The standard InChI is InChI=1S/C22H23FN4O/c1-15-4-2-5-17(12-15)22(28)24-19-6-3-11-27(14-19)21-13-20(25-26-21)16-7-9-18(23)10-8-16/h2,4-5,7-10,12-13,19H,3,6,11,14H2,1H3,(H,24,28)(H,25,26)/t19-/m1/s1. The molecule has 1 aliphatic rings. The van der Waals surface area contributed by atoms with Crippen LogP contribution in [-0.2, 0) is 0 Å². The van der Waals surface area contributed by atoms with Gasteiger partial charge in [-0.2, -0.15) is 5.10 Å². The Kier molecular flexibility index (Phi) is 5.10. The van der Waals surface area contributed by atoms with Crippen LogP contribution in [0.2, 0.25) is 0 Å². The van der Waals surface area contributed by atoms with E-state index in [1.165, 1.54) is 12.1 Å². The van der Waals surface area contributed by atoms with Gasteiger partial charge in [0, 0.05) is 30.8 Å². The summed E-state index contributed by atoms with van der Waals surface area (Å²) in [7, 11) is 0. The van der Waals surface area contributed by atoms with Gasteiger partial charge >= 0.3 is 0 Å². The fourth-order valence-electron chi connectivity index (χ4n) is 3.61. The number of aromatic amines is 1. The first kappa shape index (κ1) is 18.2. The molecule has 144 valence electrons. The lowest BCUT2D eigenvalue weighted by molar-refractivity contribution is 0.0933. The van der Waals surface area contributed by atoms with Crippen molar-refractivity contribution in [3.05, 3.63) is 71.5 Å². The fourth-order valence-corrected chi connectivity index (χ4v) is 3.61. The molecule has 2 heterocycles. The van der Waals surface area contributed by atoms with Gasteiger partial charge in [0.25, 0.3) is 5.91 Å². The Hall–Kier alpha value is -3.15. The van der Waals surface area contributed by atoms with Gasteiger partial charge in [0.1, 0.15) is 5.82 Å². The molecule has 0 bridgehead atoms. The third-order valence-corrected chi connectivity index (χ3v) is 5.08. The van der Waals surface area contributed by atoms with Crippen molar-refractivity contribution in [2.45, 2.75) is 25.8 Å². The van der Waals surface area contributed by atoms with E-state index in [9.17, 15) is 9.18 Å². The third-order valence-electron chi connectivity index (χ3n) is 5.08. The van der Waals surface area contributed by atoms with Crippen LogP contribution in [0.3, 0.4) is 0 Å². The maximum absolute atomic E-state index is 13.1. The van der Waals surface area contributed by atoms with Crippen LogP contribution in [0.15, 0.2) is 54.6 Å². The molecule has 1 amide bonds. The van der Waals surface area contributed by atoms with Crippen molar-refractivity contribution in [2.75, 3.05) is 18.0 Å². The molecule has 1 aromatic heterocycles. The smallest absolute Gasteiger partial charge is 0.251 e. The fraction of sp³-hybridized carbons (Fsp3) is 0.273. The molecule has 5 nitrogen and oxygen atoms in total. The van der Waals surface area contributed by atoms with Crippen LogP contribution in [0, 0.1) is 12.7 Å². The Bertz CT molecular complexity index is 967. The molecular formula is C22H23FN4O. The highest BCUT2D eigenvalue weighted by Gasteiger charge is 2.23. The summed E-state index contributed by atoms with van der Waals surface area (Å²) < 4.78 is 13.1. The van der Waals surface area contributed by atoms with Crippen LogP contribution in [0.4, 0.5) is 10.2 Å². The number of rotatable bonds is 4. The van der Waals surface area contributed by atoms with Crippen molar-refractivity contribution < 1.29 is 9.18 Å². The summed E-state index contributed by atoms with van der Waals surface area (Å²) in [5, 5.41) is 10.6. The Morgan fingerprint density at radius 3 is 2.82 bits per heavy atom. The van der Waals surface area contributed by atoms with Gasteiger partial charge in [-0.1, -0.05) is 17.7 Å². The molecule has 1 aliphatic heterocycles. The van der Waals surface area contributed by atoms with E-state index in [0.29, 0.717) is 12.1 Å². The largest absolute Gasteiger partial charge is 0.353 e. The molecule has 1 saturated heterocycles. The maximum atomic E-state index is 13.1. The van der Waals surface area contributed by atoms with Gasteiger partial charge in [0.2, 0.25) is 0 Å². The second-order valence-corrected chi connectivity index (χ2v) is 7.27. The second kappa shape index (κ2) is 7.84. The number of nitrogens with zero attached hydrogens (tertiary/aromatic N) is 2. The summed E-state index contributed by atoms with van der Waals surface area (Å²) >= 11 is 0. The average Bonchev–Trinajstić information content (AvgIpc) is 3.19. The van der Waals surface area contributed by atoms with Gasteiger partial charge in [-0.05, 0) is 61.7 Å². The number of carbonyl (C=O) groups excluding carboxylic acids is 1. The molecular weight excluding hydrogens is 355 g/mol. The molecule has 2 N–H and O–H groups in total. The highest BCUT2D eigenvalue weighted by atomic mass is 19.1. The van der Waals surface area contributed by atoms with Crippen LogP contribution >= 0.6 is 0 Å². The first-order chi connectivity index (χ1) is 13.6. The highest BCUT2D eigenvalue weighted by Crippen LogP contribution is 2.24. The van der Waals surface area contributed by atoms with Crippen LogP contribution in [0.5, 0.6) is 0 Å². The quantitative estimate of drug-likeness (QED) is 0.723. The molecule has 0 saturated carbocycles. The van der Waals surface area contributed by atoms with Crippen LogP contribution in [-0.4, -0.2) is 35.2 Å². The molecule has 6 heteroatoms. The van der Waals surface area contributed by atoms with Crippen molar-refractivity contribution >= 4 is 11.7 Å². The summed E-state index contributed by atoms with van der Waals surface area (Å²) in [4.78, 5) is 14.7. The predicted molar refractivity (Wildman–Crippen MR) is 108 cm³/mol. The minimum Gasteiger partial charge on any atom is -0.353 e. The number of aryl methyl sites for hydroxylation is 1. The van der Waals surface area contributed by atoms with Crippen molar-refractivity contribution in [1.29, 1.82) is 0 Å². The number of nitrogens with one attached hydrogen (secondary N) is 2. The van der Waals surface area contributed by atoms with Crippen molar-refractivity contribution in [3.8, 4) is 11.3 Å². The topological polar surface area (TPSA) is 61.0 Å². The van der Waals surface area contributed by atoms with E-state index in [4.69, 9.17) is 0 Å². The first-order valence-electron chi connectivity index (χ1n) is 9.52. The summed E-state index contributed by atoms with van der Waals surface area (Å²) in [5.74, 6) is 0.546. The lowest BCUT2D eigenvalue weighted by atomic mass is 10.0. The first-order valence-corrected chi connectivity index (χ1v) is 9.52. The maximum Gasteiger partial charge on any atom is 0.251 e. The van der Waals surface area contributed by atoms with Gasteiger partial charge in [-0.15, -0.1) is 0 Å². The zero-order valence-corrected chi connectivity index (χ0v) is 15.8. The Labute approximate surface area is 163 Å². The number of H-pyrrole nitrogens is 1. The van der Waals surface area contributed by atoms with Crippen molar-refractivity contribution in [1.82, 2.24) is 15.5 Å². The number of carbonyl (C=O) groups is 1. The molecule has 3 aromatic rings. The van der Waals surface area contributed by atoms with E-state index in [-0.39, 0.29) is 17.8 Å². The second-order valence-electron chi connectivity index (χ2n) is 7.27. The Balaban J connectivity index is 1.42. The zero-order valence-electron chi connectivity index (χ0n) is 15.8. The number of aromatic nitrogens is 2. The van der Waals surface area contributed by atoms with Gasteiger partial charge in [0.05, 0.1) is 5.69 Å². The van der Waals surface area contributed by atoms with Crippen molar-refractivity contribution in [2.24, 2.45) is 0 Å². The van der Waals surface area contributed by atoms with Gasteiger partial charge in [0.15, 0.2) is 5.82 Å². The molecule has 0 radical (unpaired) electrons. The SMILES string of the molecule is Cc1cccc(C(=O)N[C@@H]2CCCN(c3cc(-c4ccc(F)cc4)[nH]n3)C2)c1. The number of hydrogen-bond donors (Lipinski definition) is 2. The molecule has 2 aromatic carbocycles. The Morgan fingerprint density at radius 1 is 1.21 bits per heavy atom. The number of hydrogen-bond acceptors (Lipinski definition) is 3. The number of anilines is 1. The third kappa shape index (κ3) is 4.06. The minimum absolute atomic E-state index is 0.0374. The average molecular weight is 378 g/mol. The van der Waals surface area contributed by atoms with Crippen molar-refractivity contribution in [3.63, 3.8) is 0 Å². The van der Waals surface area contributed by atoms with Gasteiger partial charge < -0.3 is 10.2 Å². The lowest BCUT2D eigenvalue weighted by Crippen LogP contribution is -2.48. The number of piperidine rings is 1. The normalized spacial score (nSPS) is 16.8. The molecule has 1 atom stereocenters. The lowest BCUT2D eigenvalue weighted by Gasteiger charge is -2.33. The van der Waals surface area contributed by atoms with E-state index < -0.39 is 0 Å². The van der Waals surface area contributed by atoms with E-state index in [0.717, 1.165) is 42.0 Å². The zero-order chi connectivity index (χ0) is 19.5. The summed E-state index contributed by atoms with van der Waals surface area (Å²) in [6.07, 6.45) is 1.93. The van der Waals surface area contributed by atoms with Gasteiger partial charge in [-0.25, -0.2) is 4.39 Å². The minimum atomic E-state index is -0.258.